The van der Waals surface area contributed by atoms with Gasteiger partial charge in [0.25, 0.3) is 0 Å². The highest BCUT2D eigenvalue weighted by molar-refractivity contribution is 5.67. The largest absolute Gasteiger partial charge is 0.493 e. The van der Waals surface area contributed by atoms with Gasteiger partial charge in [0.15, 0.2) is 0 Å². The second-order valence-electron chi connectivity index (χ2n) is 10.7. The zero-order chi connectivity index (χ0) is 28.2. The van der Waals surface area contributed by atoms with E-state index in [2.05, 4.69) is 28.1 Å². The van der Waals surface area contributed by atoms with Gasteiger partial charge < -0.3 is 14.7 Å². The van der Waals surface area contributed by atoms with Gasteiger partial charge in [-0.25, -0.2) is 0 Å². The minimum absolute atomic E-state index is 0.334. The number of aliphatic hydroxyl groups is 1. The maximum absolute atomic E-state index is 13.4. The average molecular weight is 551 g/mol. The topological polar surface area (TPSA) is 72.6 Å². The summed E-state index contributed by atoms with van der Waals surface area (Å²) in [4.78, 5) is 8.55. The lowest BCUT2D eigenvalue weighted by molar-refractivity contribution is -0.137. The number of hydrogen-bond acceptors (Lipinski definition) is 6. The number of hydrogen-bond donors (Lipinski definition) is 1. The fourth-order valence-corrected chi connectivity index (χ4v) is 5.63. The molecule has 9 heteroatoms. The van der Waals surface area contributed by atoms with E-state index in [4.69, 9.17) is 10.00 Å². The van der Waals surface area contributed by atoms with Gasteiger partial charge in [0, 0.05) is 49.7 Å². The van der Waals surface area contributed by atoms with Crippen molar-refractivity contribution in [1.82, 2.24) is 9.88 Å². The van der Waals surface area contributed by atoms with E-state index in [-0.39, 0.29) is 5.56 Å². The molecule has 2 aromatic carbocycles. The van der Waals surface area contributed by atoms with Crippen molar-refractivity contribution in [3.8, 4) is 22.9 Å². The number of ether oxygens (including phenoxy) is 1. The van der Waals surface area contributed by atoms with E-state index >= 15 is 0 Å². The third-order valence-electron chi connectivity index (χ3n) is 7.97. The molecule has 0 radical (unpaired) electrons. The van der Waals surface area contributed by atoms with Crippen LogP contribution in [0.1, 0.15) is 48.8 Å². The summed E-state index contributed by atoms with van der Waals surface area (Å²) >= 11 is 0. The standard InChI is InChI=1S/C31H33F3N4O2/c32-31(33,34)29-19-26(6-5-23(29)20-35)38-15-9-30(39,10-16-38)11-17-40-27-7-8-28(24-4-3-12-36-21-24)25(18-27)22-37-13-1-2-14-37/h3-8,12,18-19,21,39H,1-2,9-11,13-17,22H2. The lowest BCUT2D eigenvalue weighted by Crippen LogP contribution is -2.45. The van der Waals surface area contributed by atoms with Crippen LogP contribution in [0, 0.1) is 11.3 Å². The number of nitrogens with zero attached hydrogens (tertiary/aromatic N) is 4. The van der Waals surface area contributed by atoms with Gasteiger partial charge in [-0.15, -0.1) is 0 Å². The molecule has 0 unspecified atom stereocenters. The Labute approximate surface area is 232 Å². The van der Waals surface area contributed by atoms with Crippen LogP contribution in [0.4, 0.5) is 18.9 Å². The molecule has 0 aliphatic carbocycles. The van der Waals surface area contributed by atoms with E-state index in [9.17, 15) is 18.3 Å². The van der Waals surface area contributed by atoms with E-state index in [0.717, 1.165) is 42.6 Å². The fraction of sp³-hybridized carbons (Fsp3) is 0.419. The summed E-state index contributed by atoms with van der Waals surface area (Å²) in [6, 6.07) is 15.5. The summed E-state index contributed by atoms with van der Waals surface area (Å²) in [5.41, 5.74) is 1.51. The number of halogens is 3. The van der Waals surface area contributed by atoms with Crippen LogP contribution in [0.5, 0.6) is 5.75 Å². The molecule has 1 N–H and O–H groups in total. The first-order valence-electron chi connectivity index (χ1n) is 13.7. The Hall–Kier alpha value is -3.61. The molecule has 6 nitrogen and oxygen atoms in total. The molecule has 0 atom stereocenters. The van der Waals surface area contributed by atoms with Crippen LogP contribution in [0.15, 0.2) is 60.9 Å². The Morgan fingerprint density at radius 3 is 2.48 bits per heavy atom. The Morgan fingerprint density at radius 1 is 1.02 bits per heavy atom. The number of likely N-dealkylation sites (tertiary alicyclic amines) is 1. The number of nitriles is 1. The SMILES string of the molecule is N#Cc1ccc(N2CCC(O)(CCOc3ccc(-c4cccnc4)c(CN4CCCC4)c3)CC2)cc1C(F)(F)F. The van der Waals surface area contributed by atoms with Gasteiger partial charge in [0.2, 0.25) is 0 Å². The van der Waals surface area contributed by atoms with Gasteiger partial charge in [-0.2, -0.15) is 18.4 Å². The zero-order valence-electron chi connectivity index (χ0n) is 22.3. The molecule has 0 amide bonds. The molecular weight excluding hydrogens is 517 g/mol. The number of piperidine rings is 1. The molecule has 0 bridgehead atoms. The molecule has 5 rings (SSSR count). The number of aromatic nitrogens is 1. The van der Waals surface area contributed by atoms with Gasteiger partial charge in [0.05, 0.1) is 29.4 Å². The lowest BCUT2D eigenvalue weighted by atomic mass is 9.88. The highest BCUT2D eigenvalue weighted by Crippen LogP contribution is 2.36. The van der Waals surface area contributed by atoms with Crippen LogP contribution in [-0.2, 0) is 12.7 Å². The normalized spacial score (nSPS) is 17.5. The molecule has 2 aliphatic rings. The first-order chi connectivity index (χ1) is 19.2. The summed E-state index contributed by atoms with van der Waals surface area (Å²) in [6.07, 6.45) is 2.71. The van der Waals surface area contributed by atoms with Crippen molar-refractivity contribution in [2.45, 2.75) is 50.4 Å². The van der Waals surface area contributed by atoms with E-state index in [1.165, 1.54) is 30.5 Å². The van der Waals surface area contributed by atoms with Crippen molar-refractivity contribution in [2.24, 2.45) is 0 Å². The average Bonchev–Trinajstić information content (AvgIpc) is 3.46. The van der Waals surface area contributed by atoms with Crippen molar-refractivity contribution in [2.75, 3.05) is 37.7 Å². The molecule has 0 spiro atoms. The van der Waals surface area contributed by atoms with Crippen LogP contribution in [0.3, 0.4) is 0 Å². The second kappa shape index (κ2) is 11.9. The molecule has 0 saturated carbocycles. The Kier molecular flexibility index (Phi) is 8.29. The number of benzene rings is 2. The summed E-state index contributed by atoms with van der Waals surface area (Å²) in [5, 5.41) is 20.2. The van der Waals surface area contributed by atoms with Crippen LogP contribution < -0.4 is 9.64 Å². The second-order valence-corrected chi connectivity index (χ2v) is 10.7. The quantitative estimate of drug-likeness (QED) is 0.369. The number of pyridine rings is 1. The molecule has 2 fully saturated rings. The first-order valence-corrected chi connectivity index (χ1v) is 13.7. The summed E-state index contributed by atoms with van der Waals surface area (Å²) in [5.74, 6) is 0.750. The predicted molar refractivity (Wildman–Crippen MR) is 147 cm³/mol. The lowest BCUT2D eigenvalue weighted by Gasteiger charge is -2.39. The fourth-order valence-electron chi connectivity index (χ4n) is 5.63. The Morgan fingerprint density at radius 2 is 1.80 bits per heavy atom. The Bertz CT molecular complexity index is 1340. The highest BCUT2D eigenvalue weighted by Gasteiger charge is 2.36. The number of alkyl halides is 3. The van der Waals surface area contributed by atoms with E-state index in [0.29, 0.717) is 44.6 Å². The minimum atomic E-state index is -4.60. The highest BCUT2D eigenvalue weighted by atomic mass is 19.4. The van der Waals surface area contributed by atoms with Crippen LogP contribution >= 0.6 is 0 Å². The number of anilines is 1. The van der Waals surface area contributed by atoms with Crippen molar-refractivity contribution in [3.63, 3.8) is 0 Å². The van der Waals surface area contributed by atoms with Crippen molar-refractivity contribution in [3.05, 3.63) is 77.6 Å². The number of rotatable bonds is 8. The van der Waals surface area contributed by atoms with Gasteiger partial charge in [-0.3, -0.25) is 9.88 Å². The summed E-state index contributed by atoms with van der Waals surface area (Å²) in [6.45, 7) is 4.18. The minimum Gasteiger partial charge on any atom is -0.493 e. The van der Waals surface area contributed by atoms with Gasteiger partial charge >= 0.3 is 6.18 Å². The first kappa shape index (κ1) is 27.9. The van der Waals surface area contributed by atoms with Crippen molar-refractivity contribution in [1.29, 1.82) is 5.26 Å². The van der Waals surface area contributed by atoms with E-state index in [1.807, 2.05) is 23.2 Å². The molecule has 2 saturated heterocycles. The maximum Gasteiger partial charge on any atom is 0.417 e. The van der Waals surface area contributed by atoms with Crippen molar-refractivity contribution < 1.29 is 23.0 Å². The molecule has 2 aliphatic heterocycles. The van der Waals surface area contributed by atoms with Gasteiger partial charge in [-0.1, -0.05) is 12.1 Å². The van der Waals surface area contributed by atoms with Crippen LogP contribution in [0.25, 0.3) is 11.1 Å². The monoisotopic (exact) mass is 550 g/mol. The maximum atomic E-state index is 13.4. The van der Waals surface area contributed by atoms with Gasteiger partial charge in [-0.05, 0) is 86.3 Å². The van der Waals surface area contributed by atoms with Crippen molar-refractivity contribution >= 4 is 5.69 Å². The third kappa shape index (κ3) is 6.57. The molecular formula is C31H33F3N4O2. The Balaban J connectivity index is 1.20. The third-order valence-corrected chi connectivity index (χ3v) is 7.97. The van der Waals surface area contributed by atoms with Crippen LogP contribution in [0.2, 0.25) is 0 Å². The smallest absolute Gasteiger partial charge is 0.417 e. The molecule has 1 aromatic heterocycles. The zero-order valence-corrected chi connectivity index (χ0v) is 22.3. The molecule has 210 valence electrons. The van der Waals surface area contributed by atoms with Gasteiger partial charge in [0.1, 0.15) is 5.75 Å². The summed E-state index contributed by atoms with van der Waals surface area (Å²) in [7, 11) is 0. The van der Waals surface area contributed by atoms with Crippen LogP contribution in [-0.4, -0.2) is 53.4 Å². The molecule has 3 aromatic rings. The van der Waals surface area contributed by atoms with E-state index in [1.54, 1.807) is 12.3 Å². The predicted octanol–water partition coefficient (Wildman–Crippen LogP) is 6.04. The molecule has 40 heavy (non-hydrogen) atoms. The molecule has 3 heterocycles. The van der Waals surface area contributed by atoms with E-state index < -0.39 is 17.3 Å². The summed E-state index contributed by atoms with van der Waals surface area (Å²) < 4.78 is 46.3.